The lowest BCUT2D eigenvalue weighted by Gasteiger charge is -2.15. The maximum Gasteiger partial charge on any atom is 0.343 e. The standard InChI is InChI=1S/C27H23ClN2O5/c1-4-34-21-12-10-20(11-13-21)30-25(31)23(28)24(26(30)32)29-19-8-6-18(7-9-19)27(33)35-22-14-5-16(2)15-17(22)3/h5-15,29H,4H2,1-3H3. The second kappa shape index (κ2) is 10.0. The third kappa shape index (κ3) is 5.05. The topological polar surface area (TPSA) is 84.9 Å². The van der Waals surface area contributed by atoms with Gasteiger partial charge in [0.25, 0.3) is 11.8 Å². The van der Waals surface area contributed by atoms with Gasteiger partial charge in [-0.25, -0.2) is 9.69 Å². The molecule has 1 aliphatic heterocycles. The Balaban J connectivity index is 1.46. The number of benzene rings is 3. The Morgan fingerprint density at radius 3 is 2.26 bits per heavy atom. The summed E-state index contributed by atoms with van der Waals surface area (Å²) in [6.45, 7) is 6.21. The quantitative estimate of drug-likeness (QED) is 0.273. The number of nitrogens with one attached hydrogen (secondary N) is 1. The maximum atomic E-state index is 13.0. The number of imide groups is 1. The van der Waals surface area contributed by atoms with Crippen molar-refractivity contribution >= 4 is 40.8 Å². The predicted octanol–water partition coefficient (Wildman–Crippen LogP) is 5.36. The number of hydrogen-bond acceptors (Lipinski definition) is 6. The summed E-state index contributed by atoms with van der Waals surface area (Å²) in [6, 6.07) is 18.5. The van der Waals surface area contributed by atoms with Crippen LogP contribution in [0.3, 0.4) is 0 Å². The third-order valence-corrected chi connectivity index (χ3v) is 5.71. The summed E-state index contributed by atoms with van der Waals surface area (Å²) in [4.78, 5) is 39.2. The van der Waals surface area contributed by atoms with Crippen molar-refractivity contribution in [1.82, 2.24) is 0 Å². The van der Waals surface area contributed by atoms with E-state index in [0.29, 0.717) is 35.0 Å². The van der Waals surface area contributed by atoms with Gasteiger partial charge in [0, 0.05) is 5.69 Å². The van der Waals surface area contributed by atoms with E-state index in [9.17, 15) is 14.4 Å². The first-order chi connectivity index (χ1) is 16.8. The molecule has 0 aliphatic carbocycles. The first kappa shape index (κ1) is 24.0. The second-order valence-corrected chi connectivity index (χ2v) is 8.30. The van der Waals surface area contributed by atoms with Gasteiger partial charge >= 0.3 is 5.97 Å². The molecule has 7 nitrogen and oxygen atoms in total. The number of rotatable bonds is 7. The van der Waals surface area contributed by atoms with Gasteiger partial charge in [0.05, 0.1) is 17.9 Å². The molecule has 1 heterocycles. The number of hydrogen-bond donors (Lipinski definition) is 1. The van der Waals surface area contributed by atoms with E-state index in [2.05, 4.69) is 5.32 Å². The van der Waals surface area contributed by atoms with Gasteiger partial charge in [-0.3, -0.25) is 9.59 Å². The molecule has 0 saturated carbocycles. The van der Waals surface area contributed by atoms with Crippen LogP contribution in [0.2, 0.25) is 0 Å². The molecule has 3 aromatic rings. The Hall–Kier alpha value is -4.10. The Labute approximate surface area is 207 Å². The van der Waals surface area contributed by atoms with Crippen molar-refractivity contribution in [3.05, 3.63) is 94.1 Å². The van der Waals surface area contributed by atoms with Crippen LogP contribution in [0.1, 0.15) is 28.4 Å². The van der Waals surface area contributed by atoms with E-state index >= 15 is 0 Å². The maximum absolute atomic E-state index is 13.0. The average Bonchev–Trinajstić information content (AvgIpc) is 3.05. The SMILES string of the molecule is CCOc1ccc(N2C(=O)C(Cl)=C(Nc3ccc(C(=O)Oc4ccc(C)cc4C)cc3)C2=O)cc1. The number of nitrogens with zero attached hydrogens (tertiary/aromatic N) is 1. The van der Waals surface area contributed by atoms with Crippen LogP contribution in [0, 0.1) is 13.8 Å². The van der Waals surface area contributed by atoms with Gasteiger partial charge in [-0.2, -0.15) is 0 Å². The molecule has 0 spiro atoms. The summed E-state index contributed by atoms with van der Waals surface area (Å²) in [5, 5.41) is 2.67. The predicted molar refractivity (Wildman–Crippen MR) is 134 cm³/mol. The van der Waals surface area contributed by atoms with Gasteiger partial charge in [0.2, 0.25) is 0 Å². The third-order valence-electron chi connectivity index (χ3n) is 5.36. The van der Waals surface area contributed by atoms with E-state index in [1.165, 1.54) is 0 Å². The van der Waals surface area contributed by atoms with Gasteiger partial charge in [0.15, 0.2) is 0 Å². The van der Waals surface area contributed by atoms with Gasteiger partial charge < -0.3 is 14.8 Å². The van der Waals surface area contributed by atoms with Gasteiger partial charge in [-0.15, -0.1) is 0 Å². The van der Waals surface area contributed by atoms with Crippen molar-refractivity contribution < 1.29 is 23.9 Å². The fourth-order valence-electron chi connectivity index (χ4n) is 3.61. The number of ether oxygens (including phenoxy) is 2. The first-order valence-electron chi connectivity index (χ1n) is 11.0. The average molecular weight is 491 g/mol. The van der Waals surface area contributed by atoms with E-state index < -0.39 is 17.8 Å². The van der Waals surface area contributed by atoms with Crippen LogP contribution in [0.15, 0.2) is 77.5 Å². The molecule has 2 amide bonds. The molecule has 0 fully saturated rings. The fourth-order valence-corrected chi connectivity index (χ4v) is 3.82. The molecule has 1 aliphatic rings. The van der Waals surface area contributed by atoms with Crippen LogP contribution in [-0.2, 0) is 9.59 Å². The van der Waals surface area contributed by atoms with E-state index in [1.54, 1.807) is 54.6 Å². The van der Waals surface area contributed by atoms with Crippen molar-refractivity contribution in [2.45, 2.75) is 20.8 Å². The monoisotopic (exact) mass is 490 g/mol. The van der Waals surface area contributed by atoms with Crippen LogP contribution in [0.4, 0.5) is 11.4 Å². The molecule has 0 aromatic heterocycles. The highest BCUT2D eigenvalue weighted by Crippen LogP contribution is 2.31. The lowest BCUT2D eigenvalue weighted by Crippen LogP contribution is -2.32. The molecule has 178 valence electrons. The van der Waals surface area contributed by atoms with Crippen molar-refractivity contribution in [3.8, 4) is 11.5 Å². The van der Waals surface area contributed by atoms with Crippen molar-refractivity contribution in [3.63, 3.8) is 0 Å². The van der Waals surface area contributed by atoms with Gasteiger partial charge in [-0.1, -0.05) is 29.3 Å². The van der Waals surface area contributed by atoms with Crippen LogP contribution < -0.4 is 19.7 Å². The Kier molecular flexibility index (Phi) is 6.89. The highest BCUT2D eigenvalue weighted by molar-refractivity contribution is 6.53. The molecule has 0 unspecified atom stereocenters. The number of halogens is 1. The smallest absolute Gasteiger partial charge is 0.343 e. The van der Waals surface area contributed by atoms with Crippen molar-refractivity contribution in [2.24, 2.45) is 0 Å². The Bertz CT molecular complexity index is 1330. The van der Waals surface area contributed by atoms with E-state index in [-0.39, 0.29) is 10.7 Å². The summed E-state index contributed by atoms with van der Waals surface area (Å²) >= 11 is 6.20. The normalized spacial score (nSPS) is 13.3. The van der Waals surface area contributed by atoms with Crippen molar-refractivity contribution in [2.75, 3.05) is 16.8 Å². The molecular weight excluding hydrogens is 468 g/mol. The number of esters is 1. The molecule has 8 heteroatoms. The van der Waals surface area contributed by atoms with E-state index in [0.717, 1.165) is 16.0 Å². The largest absolute Gasteiger partial charge is 0.494 e. The zero-order valence-corrected chi connectivity index (χ0v) is 20.2. The van der Waals surface area contributed by atoms with Crippen molar-refractivity contribution in [1.29, 1.82) is 0 Å². The summed E-state index contributed by atoms with van der Waals surface area (Å²) in [5.41, 5.74) is 3.09. The molecule has 0 bridgehead atoms. The van der Waals surface area contributed by atoms with Crippen LogP contribution in [0.5, 0.6) is 11.5 Å². The molecule has 1 N–H and O–H groups in total. The number of amides is 2. The lowest BCUT2D eigenvalue weighted by atomic mass is 10.1. The van der Waals surface area contributed by atoms with Gasteiger partial charge in [0.1, 0.15) is 22.2 Å². The summed E-state index contributed by atoms with van der Waals surface area (Å²) in [7, 11) is 0. The Morgan fingerprint density at radius 2 is 1.63 bits per heavy atom. The van der Waals surface area contributed by atoms with Crippen LogP contribution >= 0.6 is 11.6 Å². The molecule has 4 rings (SSSR count). The minimum absolute atomic E-state index is 0.0452. The number of anilines is 2. The molecular formula is C27H23ClN2O5. The second-order valence-electron chi connectivity index (χ2n) is 7.92. The zero-order chi connectivity index (χ0) is 25.1. The Morgan fingerprint density at radius 1 is 0.943 bits per heavy atom. The molecule has 0 saturated heterocycles. The van der Waals surface area contributed by atoms with E-state index in [4.69, 9.17) is 21.1 Å². The number of carbonyl (C=O) groups excluding carboxylic acids is 3. The fraction of sp³-hybridized carbons (Fsp3) is 0.148. The van der Waals surface area contributed by atoms with E-state index in [1.807, 2.05) is 32.9 Å². The summed E-state index contributed by atoms with van der Waals surface area (Å²) in [6.07, 6.45) is 0. The highest BCUT2D eigenvalue weighted by atomic mass is 35.5. The van der Waals surface area contributed by atoms with Crippen LogP contribution in [-0.4, -0.2) is 24.4 Å². The number of carbonyl (C=O) groups is 3. The molecule has 3 aromatic carbocycles. The summed E-state index contributed by atoms with van der Waals surface area (Å²) < 4.78 is 10.9. The summed E-state index contributed by atoms with van der Waals surface area (Å²) in [5.74, 6) is -0.595. The van der Waals surface area contributed by atoms with Gasteiger partial charge in [-0.05, 0) is 80.9 Å². The van der Waals surface area contributed by atoms with Crippen LogP contribution in [0.25, 0.3) is 0 Å². The number of aryl methyl sites for hydroxylation is 2. The zero-order valence-electron chi connectivity index (χ0n) is 19.4. The molecule has 0 atom stereocenters. The first-order valence-corrected chi connectivity index (χ1v) is 11.3. The minimum atomic E-state index is -0.628. The highest BCUT2D eigenvalue weighted by Gasteiger charge is 2.39. The molecule has 35 heavy (non-hydrogen) atoms. The minimum Gasteiger partial charge on any atom is -0.494 e. The lowest BCUT2D eigenvalue weighted by molar-refractivity contribution is -0.120. The molecule has 0 radical (unpaired) electrons.